The van der Waals surface area contributed by atoms with Gasteiger partial charge in [0.05, 0.1) is 7.11 Å². The summed E-state index contributed by atoms with van der Waals surface area (Å²) in [5.74, 6) is -0.217. The fraction of sp³-hybridized carbons (Fsp3) is 0.0625. The summed E-state index contributed by atoms with van der Waals surface area (Å²) in [6.07, 6.45) is 0. The molecule has 0 radical (unpaired) electrons. The Hall–Kier alpha value is -3.22. The molecule has 0 saturated heterocycles. The number of carbonyl (C=O) groups excluding carboxylic acids is 1. The summed E-state index contributed by atoms with van der Waals surface area (Å²) in [6, 6.07) is 12.3. The number of methoxy groups -OCH3 is 1. The molecule has 0 aliphatic rings. The average molecular weight is 313 g/mol. The normalized spacial score (nSPS) is 10.3. The molecule has 23 heavy (non-hydrogen) atoms. The molecular formula is C16H12FN3O3. The summed E-state index contributed by atoms with van der Waals surface area (Å²) in [4.78, 5) is 12.0. The largest absolute Gasteiger partial charge is 0.497 e. The predicted molar refractivity (Wildman–Crippen MR) is 80.6 cm³/mol. The van der Waals surface area contributed by atoms with Crippen LogP contribution in [0.1, 0.15) is 10.7 Å². The van der Waals surface area contributed by atoms with Crippen molar-refractivity contribution in [2.75, 3.05) is 12.4 Å². The minimum absolute atomic E-state index is 0.180. The Morgan fingerprint density at radius 2 is 1.78 bits per heavy atom. The van der Waals surface area contributed by atoms with Crippen LogP contribution < -0.4 is 10.1 Å². The third-order valence-corrected chi connectivity index (χ3v) is 3.06. The van der Waals surface area contributed by atoms with E-state index in [1.807, 2.05) is 0 Å². The van der Waals surface area contributed by atoms with Gasteiger partial charge in [0.15, 0.2) is 0 Å². The van der Waals surface area contributed by atoms with Crippen LogP contribution in [0.4, 0.5) is 10.1 Å². The molecule has 3 rings (SSSR count). The number of carbonyl (C=O) groups is 1. The minimum Gasteiger partial charge on any atom is -0.497 e. The Kier molecular flexibility index (Phi) is 4.01. The van der Waals surface area contributed by atoms with Gasteiger partial charge in [-0.15, -0.1) is 10.2 Å². The second-order valence-electron chi connectivity index (χ2n) is 4.60. The average Bonchev–Trinajstić information content (AvgIpc) is 3.07. The van der Waals surface area contributed by atoms with Crippen LogP contribution >= 0.6 is 0 Å². The first-order chi connectivity index (χ1) is 11.2. The fourth-order valence-corrected chi connectivity index (χ4v) is 1.88. The van der Waals surface area contributed by atoms with E-state index in [1.54, 1.807) is 31.4 Å². The number of ether oxygens (including phenoxy) is 1. The summed E-state index contributed by atoms with van der Waals surface area (Å²) < 4.78 is 23.2. The van der Waals surface area contributed by atoms with Crippen LogP contribution in [-0.4, -0.2) is 23.2 Å². The molecule has 116 valence electrons. The Morgan fingerprint density at radius 3 is 2.43 bits per heavy atom. The molecule has 0 aliphatic heterocycles. The Bertz CT molecular complexity index is 813. The molecule has 1 aromatic heterocycles. The van der Waals surface area contributed by atoms with Gasteiger partial charge < -0.3 is 14.5 Å². The second-order valence-corrected chi connectivity index (χ2v) is 4.60. The van der Waals surface area contributed by atoms with Gasteiger partial charge in [-0.25, -0.2) is 4.39 Å². The van der Waals surface area contributed by atoms with E-state index >= 15 is 0 Å². The van der Waals surface area contributed by atoms with Crippen LogP contribution in [0.25, 0.3) is 11.5 Å². The van der Waals surface area contributed by atoms with Crippen molar-refractivity contribution < 1.29 is 18.3 Å². The Morgan fingerprint density at radius 1 is 1.09 bits per heavy atom. The van der Waals surface area contributed by atoms with Crippen LogP contribution in [-0.2, 0) is 0 Å². The molecule has 0 atom stereocenters. The third kappa shape index (κ3) is 3.34. The van der Waals surface area contributed by atoms with Gasteiger partial charge >= 0.3 is 11.8 Å². The maximum absolute atomic E-state index is 12.8. The predicted octanol–water partition coefficient (Wildman–Crippen LogP) is 3.14. The van der Waals surface area contributed by atoms with E-state index in [-0.39, 0.29) is 17.6 Å². The smallest absolute Gasteiger partial charge is 0.313 e. The van der Waals surface area contributed by atoms with Crippen molar-refractivity contribution in [3.8, 4) is 17.2 Å². The highest BCUT2D eigenvalue weighted by molar-refractivity contribution is 6.00. The van der Waals surface area contributed by atoms with Crippen molar-refractivity contribution in [1.82, 2.24) is 10.2 Å². The van der Waals surface area contributed by atoms with E-state index in [0.717, 1.165) is 0 Å². The van der Waals surface area contributed by atoms with Gasteiger partial charge in [-0.2, -0.15) is 0 Å². The molecule has 0 saturated carbocycles. The zero-order valence-electron chi connectivity index (χ0n) is 12.1. The van der Waals surface area contributed by atoms with Crippen LogP contribution in [0.3, 0.4) is 0 Å². The number of hydrogen-bond acceptors (Lipinski definition) is 5. The number of anilines is 1. The standard InChI is InChI=1S/C16H12FN3O3/c1-22-13-8-2-10(3-9-13)15-19-20-16(23-15)14(21)18-12-6-4-11(17)5-7-12/h2-9H,1H3,(H,18,21). The lowest BCUT2D eigenvalue weighted by Gasteiger charge is -2.01. The van der Waals surface area contributed by atoms with Crippen LogP contribution in [0, 0.1) is 5.82 Å². The summed E-state index contributed by atoms with van der Waals surface area (Å²) in [5, 5.41) is 10.1. The van der Waals surface area contributed by atoms with Gasteiger partial charge in [0.25, 0.3) is 0 Å². The molecule has 0 spiro atoms. The summed E-state index contributed by atoms with van der Waals surface area (Å²) in [5.41, 5.74) is 1.10. The SMILES string of the molecule is COc1ccc(-c2nnc(C(=O)Nc3ccc(F)cc3)o2)cc1. The molecule has 6 nitrogen and oxygen atoms in total. The fourth-order valence-electron chi connectivity index (χ4n) is 1.88. The number of nitrogens with one attached hydrogen (secondary N) is 1. The van der Waals surface area contributed by atoms with Gasteiger partial charge in [-0.3, -0.25) is 4.79 Å². The zero-order chi connectivity index (χ0) is 16.2. The van der Waals surface area contributed by atoms with Crippen molar-refractivity contribution in [2.24, 2.45) is 0 Å². The monoisotopic (exact) mass is 313 g/mol. The van der Waals surface area contributed by atoms with E-state index in [1.165, 1.54) is 24.3 Å². The Labute approximate surface area is 130 Å². The molecule has 2 aromatic carbocycles. The van der Waals surface area contributed by atoms with Crippen molar-refractivity contribution >= 4 is 11.6 Å². The highest BCUT2D eigenvalue weighted by Crippen LogP contribution is 2.21. The molecule has 7 heteroatoms. The maximum atomic E-state index is 12.8. The number of aromatic nitrogens is 2. The number of amides is 1. The third-order valence-electron chi connectivity index (χ3n) is 3.06. The van der Waals surface area contributed by atoms with Crippen molar-refractivity contribution in [3.05, 3.63) is 60.2 Å². The molecule has 1 amide bonds. The van der Waals surface area contributed by atoms with Gasteiger partial charge in [-0.05, 0) is 48.5 Å². The first kappa shape index (κ1) is 14.7. The summed E-state index contributed by atoms with van der Waals surface area (Å²) in [6.45, 7) is 0. The second kappa shape index (κ2) is 6.27. The van der Waals surface area contributed by atoms with Gasteiger partial charge in [0.1, 0.15) is 11.6 Å². The summed E-state index contributed by atoms with van der Waals surface area (Å²) >= 11 is 0. The van der Waals surface area contributed by atoms with E-state index in [0.29, 0.717) is 17.0 Å². The highest BCUT2D eigenvalue weighted by atomic mass is 19.1. The molecule has 0 unspecified atom stereocenters. The van der Waals surface area contributed by atoms with E-state index < -0.39 is 5.91 Å². The molecule has 1 N–H and O–H groups in total. The van der Waals surface area contributed by atoms with E-state index in [4.69, 9.17) is 9.15 Å². The lowest BCUT2D eigenvalue weighted by molar-refractivity contribution is 0.0991. The molecule has 0 aliphatic carbocycles. The molecule has 1 heterocycles. The van der Waals surface area contributed by atoms with Crippen molar-refractivity contribution in [1.29, 1.82) is 0 Å². The molecular weight excluding hydrogens is 301 g/mol. The number of nitrogens with zero attached hydrogens (tertiary/aromatic N) is 2. The lowest BCUT2D eigenvalue weighted by atomic mass is 10.2. The lowest BCUT2D eigenvalue weighted by Crippen LogP contribution is -2.12. The van der Waals surface area contributed by atoms with Gasteiger partial charge in [0.2, 0.25) is 5.89 Å². The Balaban J connectivity index is 1.75. The maximum Gasteiger partial charge on any atom is 0.313 e. The molecule has 3 aromatic rings. The molecule has 0 fully saturated rings. The van der Waals surface area contributed by atoms with Crippen LogP contribution in [0.15, 0.2) is 52.9 Å². The van der Waals surface area contributed by atoms with Crippen LogP contribution in [0.5, 0.6) is 5.75 Å². The van der Waals surface area contributed by atoms with Gasteiger partial charge in [-0.1, -0.05) is 0 Å². The number of benzene rings is 2. The summed E-state index contributed by atoms with van der Waals surface area (Å²) in [7, 11) is 1.57. The first-order valence-electron chi connectivity index (χ1n) is 6.70. The number of halogens is 1. The number of rotatable bonds is 4. The highest BCUT2D eigenvalue weighted by Gasteiger charge is 2.16. The molecule has 0 bridgehead atoms. The van der Waals surface area contributed by atoms with E-state index in [9.17, 15) is 9.18 Å². The van der Waals surface area contributed by atoms with Crippen LogP contribution in [0.2, 0.25) is 0 Å². The minimum atomic E-state index is -0.566. The first-order valence-corrected chi connectivity index (χ1v) is 6.70. The number of hydrogen-bond donors (Lipinski definition) is 1. The quantitative estimate of drug-likeness (QED) is 0.800. The van der Waals surface area contributed by atoms with Gasteiger partial charge in [0, 0.05) is 11.3 Å². The van der Waals surface area contributed by atoms with E-state index in [2.05, 4.69) is 15.5 Å². The van der Waals surface area contributed by atoms with Crippen molar-refractivity contribution in [2.45, 2.75) is 0 Å². The zero-order valence-corrected chi connectivity index (χ0v) is 12.1. The van der Waals surface area contributed by atoms with Crippen molar-refractivity contribution in [3.63, 3.8) is 0 Å². The topological polar surface area (TPSA) is 77.2 Å².